The molecule has 0 saturated carbocycles. The molecule has 1 rings (SSSR count). The van der Waals surface area contributed by atoms with Crippen LogP contribution >= 0.6 is 0 Å². The van der Waals surface area contributed by atoms with E-state index in [9.17, 15) is 4.79 Å². The molecule has 0 amide bonds. The van der Waals surface area contributed by atoms with Gasteiger partial charge in [-0.1, -0.05) is 0 Å². The zero-order valence-electron chi connectivity index (χ0n) is 7.57. The largest absolute Gasteiger partial charge is 0.356 e. The van der Waals surface area contributed by atoms with Crippen molar-refractivity contribution < 1.29 is 19.0 Å². The number of ether oxygens (including phenoxy) is 3. The summed E-state index contributed by atoms with van der Waals surface area (Å²) in [4.78, 5) is 11.1. The first kappa shape index (κ1) is 9.64. The third-order valence-electron chi connectivity index (χ3n) is 2.08. The molecule has 0 aromatic carbocycles. The molecule has 0 radical (unpaired) electrons. The molecule has 0 N–H and O–H groups in total. The van der Waals surface area contributed by atoms with Crippen molar-refractivity contribution in [3.05, 3.63) is 0 Å². The fraction of sp³-hybridized carbons (Fsp3) is 0.875. The monoisotopic (exact) mass is 174 g/mol. The van der Waals surface area contributed by atoms with Crippen LogP contribution in [0.15, 0.2) is 0 Å². The zero-order valence-corrected chi connectivity index (χ0v) is 7.57. The molecule has 70 valence electrons. The van der Waals surface area contributed by atoms with Crippen molar-refractivity contribution in [3.8, 4) is 0 Å². The van der Waals surface area contributed by atoms with Crippen molar-refractivity contribution in [3.63, 3.8) is 0 Å². The number of hydrogen-bond donors (Lipinski definition) is 0. The van der Waals surface area contributed by atoms with Crippen molar-refractivity contribution in [2.24, 2.45) is 5.92 Å². The number of rotatable bonds is 3. The summed E-state index contributed by atoms with van der Waals surface area (Å²) in [5.74, 6) is -0.0960. The molecular formula is C8H14O4. The van der Waals surface area contributed by atoms with Gasteiger partial charge in [0.25, 0.3) is 0 Å². The summed E-state index contributed by atoms with van der Waals surface area (Å²) in [6.07, 6.45) is -0.152. The molecule has 1 unspecified atom stereocenters. The van der Waals surface area contributed by atoms with Gasteiger partial charge < -0.3 is 14.2 Å². The highest BCUT2D eigenvalue weighted by Gasteiger charge is 2.38. The summed E-state index contributed by atoms with van der Waals surface area (Å²) in [5, 5.41) is 0. The van der Waals surface area contributed by atoms with E-state index in [0.29, 0.717) is 6.42 Å². The van der Waals surface area contributed by atoms with E-state index in [1.165, 1.54) is 14.0 Å². The summed E-state index contributed by atoms with van der Waals surface area (Å²) in [6, 6.07) is 0. The van der Waals surface area contributed by atoms with Gasteiger partial charge in [-0.05, 0) is 6.92 Å². The van der Waals surface area contributed by atoms with Crippen molar-refractivity contribution in [2.75, 3.05) is 14.2 Å². The van der Waals surface area contributed by atoms with Gasteiger partial charge >= 0.3 is 0 Å². The number of carbonyl (C=O) groups excluding carboxylic acids is 1. The van der Waals surface area contributed by atoms with Gasteiger partial charge in [-0.15, -0.1) is 0 Å². The molecule has 1 saturated heterocycles. The maximum atomic E-state index is 11.1. The molecule has 0 aromatic heterocycles. The summed E-state index contributed by atoms with van der Waals surface area (Å²) < 4.78 is 15.2. The molecule has 12 heavy (non-hydrogen) atoms. The third-order valence-corrected chi connectivity index (χ3v) is 2.08. The smallest absolute Gasteiger partial charge is 0.170 e. The molecule has 3 atom stereocenters. The molecular weight excluding hydrogens is 160 g/mol. The first-order valence-corrected chi connectivity index (χ1v) is 3.90. The lowest BCUT2D eigenvalue weighted by Crippen LogP contribution is -2.23. The maximum absolute atomic E-state index is 11.1. The molecule has 4 nitrogen and oxygen atoms in total. The molecule has 1 heterocycles. The molecule has 1 aliphatic heterocycles. The average Bonchev–Trinajstić information content (AvgIpc) is 2.47. The highest BCUT2D eigenvalue weighted by molar-refractivity contribution is 5.78. The number of hydrogen-bond acceptors (Lipinski definition) is 4. The Labute approximate surface area is 71.8 Å². The van der Waals surface area contributed by atoms with Crippen molar-refractivity contribution in [2.45, 2.75) is 25.9 Å². The van der Waals surface area contributed by atoms with E-state index in [-0.39, 0.29) is 18.0 Å². The second kappa shape index (κ2) is 3.98. The molecule has 1 aliphatic rings. The van der Waals surface area contributed by atoms with Crippen LogP contribution in [0.5, 0.6) is 0 Å². The number of ketones is 1. The minimum absolute atomic E-state index is 0.0846. The van der Waals surface area contributed by atoms with Crippen molar-refractivity contribution >= 4 is 5.78 Å². The fourth-order valence-corrected chi connectivity index (χ4v) is 1.35. The second-order valence-electron chi connectivity index (χ2n) is 2.86. The van der Waals surface area contributed by atoms with Crippen molar-refractivity contribution in [1.29, 1.82) is 0 Å². The quantitative estimate of drug-likeness (QED) is 0.627. The van der Waals surface area contributed by atoms with Crippen LogP contribution in [0.25, 0.3) is 0 Å². The summed E-state index contributed by atoms with van der Waals surface area (Å²) in [6.45, 7) is 1.54. The summed E-state index contributed by atoms with van der Waals surface area (Å²) in [7, 11) is 3.08. The van der Waals surface area contributed by atoms with Crippen molar-refractivity contribution in [1.82, 2.24) is 0 Å². The van der Waals surface area contributed by atoms with E-state index in [1.54, 1.807) is 7.11 Å². The van der Waals surface area contributed by atoms with Gasteiger partial charge in [0, 0.05) is 20.6 Å². The Kier molecular flexibility index (Phi) is 3.20. The number of methoxy groups -OCH3 is 2. The zero-order chi connectivity index (χ0) is 9.14. The predicted molar refractivity (Wildman–Crippen MR) is 41.5 cm³/mol. The van der Waals surface area contributed by atoms with Gasteiger partial charge in [0.15, 0.2) is 12.6 Å². The van der Waals surface area contributed by atoms with Crippen LogP contribution < -0.4 is 0 Å². The van der Waals surface area contributed by atoms with E-state index in [1.807, 2.05) is 0 Å². The fourth-order valence-electron chi connectivity index (χ4n) is 1.35. The first-order chi connectivity index (χ1) is 5.69. The lowest BCUT2D eigenvalue weighted by Gasteiger charge is -2.13. The SMILES string of the molecule is CO[C@H]1CC(C(C)=O)[C@H](OC)O1. The predicted octanol–water partition coefficient (Wildman–Crippen LogP) is 0.557. The van der Waals surface area contributed by atoms with E-state index < -0.39 is 6.29 Å². The minimum atomic E-state index is -0.438. The Morgan fingerprint density at radius 2 is 2.08 bits per heavy atom. The molecule has 1 fully saturated rings. The Balaban J connectivity index is 2.56. The van der Waals surface area contributed by atoms with E-state index in [4.69, 9.17) is 14.2 Å². The normalized spacial score (nSPS) is 35.4. The van der Waals surface area contributed by atoms with Crippen LogP contribution in [-0.2, 0) is 19.0 Å². The Hall–Kier alpha value is -0.450. The number of carbonyl (C=O) groups is 1. The van der Waals surface area contributed by atoms with Crippen LogP contribution in [-0.4, -0.2) is 32.6 Å². The highest BCUT2D eigenvalue weighted by atomic mass is 16.8. The first-order valence-electron chi connectivity index (χ1n) is 3.90. The topological polar surface area (TPSA) is 44.8 Å². The van der Waals surface area contributed by atoms with Gasteiger partial charge in [0.1, 0.15) is 5.78 Å². The molecule has 0 aromatic rings. The Morgan fingerprint density at radius 3 is 2.42 bits per heavy atom. The van der Waals surface area contributed by atoms with E-state index in [0.717, 1.165) is 0 Å². The highest BCUT2D eigenvalue weighted by Crippen LogP contribution is 2.27. The van der Waals surface area contributed by atoms with Gasteiger partial charge in [-0.2, -0.15) is 0 Å². The van der Waals surface area contributed by atoms with Crippen LogP contribution in [0.4, 0.5) is 0 Å². The van der Waals surface area contributed by atoms with E-state index in [2.05, 4.69) is 0 Å². The molecule has 0 spiro atoms. The molecule has 4 heteroatoms. The van der Waals surface area contributed by atoms with Crippen LogP contribution in [0.1, 0.15) is 13.3 Å². The Bertz CT molecular complexity index is 168. The Morgan fingerprint density at radius 1 is 1.42 bits per heavy atom. The maximum Gasteiger partial charge on any atom is 0.170 e. The molecule has 0 aliphatic carbocycles. The summed E-state index contributed by atoms with van der Waals surface area (Å²) in [5.41, 5.74) is 0. The van der Waals surface area contributed by atoms with Crippen LogP contribution in [0.2, 0.25) is 0 Å². The van der Waals surface area contributed by atoms with Gasteiger partial charge in [-0.3, -0.25) is 4.79 Å². The lowest BCUT2D eigenvalue weighted by atomic mass is 10.0. The third kappa shape index (κ3) is 1.83. The van der Waals surface area contributed by atoms with Gasteiger partial charge in [0.05, 0.1) is 5.92 Å². The second-order valence-corrected chi connectivity index (χ2v) is 2.86. The van der Waals surface area contributed by atoms with Crippen LogP contribution in [0.3, 0.4) is 0 Å². The number of Topliss-reactive ketones (excluding diaryl/α,β-unsaturated/α-hetero) is 1. The average molecular weight is 174 g/mol. The molecule has 0 bridgehead atoms. The van der Waals surface area contributed by atoms with Gasteiger partial charge in [0.2, 0.25) is 0 Å². The van der Waals surface area contributed by atoms with E-state index >= 15 is 0 Å². The standard InChI is InChI=1S/C8H14O4/c1-5(9)6-4-7(10-2)12-8(6)11-3/h6-8H,4H2,1-3H3/t6?,7-,8-/m1/s1. The van der Waals surface area contributed by atoms with Gasteiger partial charge in [-0.25, -0.2) is 0 Å². The van der Waals surface area contributed by atoms with Crippen LogP contribution in [0, 0.1) is 5.92 Å². The minimum Gasteiger partial charge on any atom is -0.356 e. The lowest BCUT2D eigenvalue weighted by molar-refractivity contribution is -0.193. The summed E-state index contributed by atoms with van der Waals surface area (Å²) >= 11 is 0.